The van der Waals surface area contributed by atoms with E-state index in [9.17, 15) is 14.9 Å². The first-order valence-corrected chi connectivity index (χ1v) is 9.77. The van der Waals surface area contributed by atoms with Gasteiger partial charge in [0.15, 0.2) is 17.2 Å². The molecule has 1 aliphatic rings. The smallest absolute Gasteiger partial charge is 0.271 e. The van der Waals surface area contributed by atoms with Crippen LogP contribution in [0.5, 0.6) is 5.75 Å². The van der Waals surface area contributed by atoms with E-state index in [2.05, 4.69) is 32.0 Å². The number of nitriles is 1. The maximum absolute atomic E-state index is 12.1. The van der Waals surface area contributed by atoms with E-state index in [1.165, 1.54) is 13.2 Å². The molecule has 1 aromatic carbocycles. The highest BCUT2D eigenvalue weighted by Crippen LogP contribution is 2.39. The molecule has 0 radical (unpaired) electrons. The molecule has 1 fully saturated rings. The number of hydrogen-bond acceptors (Lipinski definition) is 8. The number of benzene rings is 1. The average Bonchev–Trinajstić information content (AvgIpc) is 3.55. The third kappa shape index (κ3) is 4.06. The molecule has 0 saturated heterocycles. The minimum atomic E-state index is -0.783. The summed E-state index contributed by atoms with van der Waals surface area (Å²) < 4.78 is 7.16. The molecule has 1 saturated carbocycles. The molecule has 4 rings (SSSR count). The van der Waals surface area contributed by atoms with Crippen molar-refractivity contribution in [3.63, 3.8) is 0 Å². The molecular weight excluding hydrogens is 412 g/mol. The number of hydrogen-bond donors (Lipinski definition) is 3. The van der Waals surface area contributed by atoms with Crippen LogP contribution in [0.4, 0.5) is 17.2 Å². The van der Waals surface area contributed by atoms with Crippen LogP contribution in [-0.2, 0) is 11.8 Å². The Morgan fingerprint density at radius 2 is 2.03 bits per heavy atom. The predicted molar refractivity (Wildman–Crippen MR) is 115 cm³/mol. The van der Waals surface area contributed by atoms with Gasteiger partial charge in [-0.25, -0.2) is 0 Å². The summed E-state index contributed by atoms with van der Waals surface area (Å²) in [6.07, 6.45) is 3.40. The van der Waals surface area contributed by atoms with Crippen molar-refractivity contribution in [1.29, 1.82) is 5.26 Å². The number of carbonyl (C=O) groups excluding carboxylic acids is 2. The lowest BCUT2D eigenvalue weighted by Crippen LogP contribution is -2.19. The monoisotopic (exact) mass is 432 g/mol. The molecule has 0 spiro atoms. The Labute approximate surface area is 183 Å². The number of ether oxygens (including phenoxy) is 1. The number of rotatable bonds is 7. The first-order valence-electron chi connectivity index (χ1n) is 9.77. The van der Waals surface area contributed by atoms with Crippen LogP contribution in [0.1, 0.15) is 29.0 Å². The zero-order chi connectivity index (χ0) is 22.8. The number of anilines is 3. The van der Waals surface area contributed by atoms with E-state index >= 15 is 0 Å². The zero-order valence-corrected chi connectivity index (χ0v) is 17.4. The molecule has 0 atom stereocenters. The normalized spacial score (nSPS) is 12.7. The zero-order valence-electron chi connectivity index (χ0n) is 17.4. The summed E-state index contributed by atoms with van der Waals surface area (Å²) in [4.78, 5) is 24.0. The minimum Gasteiger partial charge on any atom is -0.494 e. The van der Waals surface area contributed by atoms with Gasteiger partial charge in [0.05, 0.1) is 18.5 Å². The van der Waals surface area contributed by atoms with Gasteiger partial charge < -0.3 is 21.1 Å². The van der Waals surface area contributed by atoms with Crippen molar-refractivity contribution in [3.05, 3.63) is 41.9 Å². The van der Waals surface area contributed by atoms with Crippen LogP contribution in [0.15, 0.2) is 30.5 Å². The van der Waals surface area contributed by atoms with Gasteiger partial charge in [0.1, 0.15) is 11.8 Å². The van der Waals surface area contributed by atoms with E-state index in [0.717, 1.165) is 12.8 Å². The molecule has 3 aromatic rings. The van der Waals surface area contributed by atoms with E-state index < -0.39 is 5.91 Å². The van der Waals surface area contributed by atoms with Gasteiger partial charge in [-0.15, -0.1) is 10.2 Å². The summed E-state index contributed by atoms with van der Waals surface area (Å²) in [5, 5.41) is 27.1. The second-order valence-electron chi connectivity index (χ2n) is 7.31. The Morgan fingerprint density at radius 3 is 2.69 bits per heavy atom. The number of aryl methyl sites for hydroxylation is 1. The van der Waals surface area contributed by atoms with Crippen LogP contribution in [0.25, 0.3) is 11.1 Å². The van der Waals surface area contributed by atoms with E-state index in [4.69, 9.17) is 10.5 Å². The molecule has 2 aromatic heterocycles. The quantitative estimate of drug-likeness (QED) is 0.510. The van der Waals surface area contributed by atoms with E-state index in [1.54, 1.807) is 36.1 Å². The van der Waals surface area contributed by atoms with Gasteiger partial charge in [0.25, 0.3) is 5.91 Å². The van der Waals surface area contributed by atoms with E-state index in [-0.39, 0.29) is 34.7 Å². The molecule has 11 nitrogen and oxygen atoms in total. The maximum Gasteiger partial charge on any atom is 0.271 e. The number of nitrogens with two attached hydrogens (primary N) is 1. The molecule has 0 bridgehead atoms. The first kappa shape index (κ1) is 20.8. The maximum atomic E-state index is 12.1. The number of amides is 2. The van der Waals surface area contributed by atoms with Crippen molar-refractivity contribution in [2.45, 2.75) is 12.8 Å². The van der Waals surface area contributed by atoms with Crippen molar-refractivity contribution in [1.82, 2.24) is 20.0 Å². The number of nitrogens with zero attached hydrogens (tertiary/aromatic N) is 5. The first-order chi connectivity index (χ1) is 15.4. The standard InChI is InChI=1S/C21H20N8O3/c1-29-10-13(16(9-22)28-29)12-4-3-5-14(19(12)32-2)24-15-8-17(25-21(31)11-6-7-11)26-27-18(15)20(23)30/h3-5,8,10-11H,6-7H2,1-2H3,(H2,23,30)(H2,24,25,26,31). The van der Waals surface area contributed by atoms with E-state index in [0.29, 0.717) is 22.6 Å². The number of para-hydroxylation sites is 1. The summed E-state index contributed by atoms with van der Waals surface area (Å²) in [5.74, 6) is -0.322. The minimum absolute atomic E-state index is 0.0189. The lowest BCUT2D eigenvalue weighted by Gasteiger charge is -2.16. The summed E-state index contributed by atoms with van der Waals surface area (Å²) in [6, 6.07) is 8.86. The van der Waals surface area contributed by atoms with Gasteiger partial charge in [-0.3, -0.25) is 14.3 Å². The van der Waals surface area contributed by atoms with Crippen LogP contribution in [0.3, 0.4) is 0 Å². The van der Waals surface area contributed by atoms with Crippen molar-refractivity contribution in [3.8, 4) is 22.9 Å². The van der Waals surface area contributed by atoms with Crippen LogP contribution < -0.4 is 21.1 Å². The van der Waals surface area contributed by atoms with Crippen LogP contribution in [-0.4, -0.2) is 38.9 Å². The second kappa shape index (κ2) is 8.35. The molecule has 4 N–H and O–H groups in total. The van der Waals surface area contributed by atoms with E-state index in [1.807, 2.05) is 0 Å². The summed E-state index contributed by atoms with van der Waals surface area (Å²) in [7, 11) is 3.21. The summed E-state index contributed by atoms with van der Waals surface area (Å²) in [6.45, 7) is 0. The van der Waals surface area contributed by atoms with Gasteiger partial charge in [-0.2, -0.15) is 10.4 Å². The molecule has 32 heavy (non-hydrogen) atoms. The number of carbonyl (C=O) groups is 2. The average molecular weight is 432 g/mol. The molecular formula is C21H20N8O3. The van der Waals surface area contributed by atoms with Crippen LogP contribution in [0.2, 0.25) is 0 Å². The predicted octanol–water partition coefficient (Wildman–Crippen LogP) is 1.95. The number of aromatic nitrogens is 4. The van der Waals surface area contributed by atoms with Gasteiger partial charge in [-0.05, 0) is 18.9 Å². The van der Waals surface area contributed by atoms with Crippen LogP contribution in [0, 0.1) is 17.2 Å². The Bertz CT molecular complexity index is 1260. The fraction of sp³-hybridized carbons (Fsp3) is 0.238. The third-order valence-electron chi connectivity index (χ3n) is 4.94. The Hall–Kier alpha value is -4.46. The lowest BCUT2D eigenvalue weighted by molar-refractivity contribution is -0.117. The molecule has 2 heterocycles. The molecule has 1 aliphatic carbocycles. The fourth-order valence-corrected chi connectivity index (χ4v) is 3.28. The molecule has 11 heteroatoms. The third-order valence-corrected chi connectivity index (χ3v) is 4.94. The lowest BCUT2D eigenvalue weighted by atomic mass is 10.0. The van der Waals surface area contributed by atoms with Crippen LogP contribution >= 0.6 is 0 Å². The molecule has 0 unspecified atom stereocenters. The fourth-order valence-electron chi connectivity index (χ4n) is 3.28. The molecule has 2 amide bonds. The van der Waals surface area contributed by atoms with Crippen molar-refractivity contribution in [2.75, 3.05) is 17.7 Å². The SMILES string of the molecule is COc1c(Nc2cc(NC(=O)C3CC3)nnc2C(N)=O)cccc1-c1cn(C)nc1C#N. The van der Waals surface area contributed by atoms with Gasteiger partial charge in [0.2, 0.25) is 5.91 Å². The second-order valence-corrected chi connectivity index (χ2v) is 7.31. The number of methoxy groups -OCH3 is 1. The van der Waals surface area contributed by atoms with Crippen molar-refractivity contribution in [2.24, 2.45) is 18.7 Å². The van der Waals surface area contributed by atoms with Gasteiger partial charge in [0, 0.05) is 36.4 Å². The Kier molecular flexibility index (Phi) is 5.43. The molecule has 0 aliphatic heterocycles. The van der Waals surface area contributed by atoms with Gasteiger partial charge >= 0.3 is 0 Å². The number of nitrogens with one attached hydrogen (secondary N) is 2. The highest BCUT2D eigenvalue weighted by atomic mass is 16.5. The Balaban J connectivity index is 1.74. The topological polar surface area (TPSA) is 161 Å². The summed E-state index contributed by atoms with van der Waals surface area (Å²) >= 11 is 0. The van der Waals surface area contributed by atoms with Crippen molar-refractivity contribution >= 4 is 29.0 Å². The number of primary amides is 1. The van der Waals surface area contributed by atoms with Crippen molar-refractivity contribution < 1.29 is 14.3 Å². The van der Waals surface area contributed by atoms with Gasteiger partial charge in [-0.1, -0.05) is 12.1 Å². The molecule has 162 valence electrons. The summed E-state index contributed by atoms with van der Waals surface area (Å²) in [5.41, 5.74) is 7.58. The highest BCUT2D eigenvalue weighted by molar-refractivity contribution is 5.99. The highest BCUT2D eigenvalue weighted by Gasteiger charge is 2.30. The largest absolute Gasteiger partial charge is 0.494 e. The Morgan fingerprint density at radius 1 is 1.25 bits per heavy atom.